The van der Waals surface area contributed by atoms with Crippen molar-refractivity contribution in [1.29, 1.82) is 0 Å². The van der Waals surface area contributed by atoms with Crippen LogP contribution in [0.4, 0.5) is 0 Å². The molecule has 0 atom stereocenters. The summed E-state index contributed by atoms with van der Waals surface area (Å²) in [6, 6.07) is 14.7. The van der Waals surface area contributed by atoms with E-state index in [-0.39, 0.29) is 10.7 Å². The molecule has 1 aliphatic heterocycles. The van der Waals surface area contributed by atoms with E-state index in [4.69, 9.17) is 28.6 Å². The normalized spacial score (nSPS) is 14.0. The van der Waals surface area contributed by atoms with Crippen LogP contribution in [-0.4, -0.2) is 16.9 Å². The van der Waals surface area contributed by atoms with Gasteiger partial charge in [0.25, 0.3) is 11.8 Å². The molecule has 0 radical (unpaired) electrons. The van der Waals surface area contributed by atoms with E-state index < -0.39 is 11.8 Å². The largest absolute Gasteiger partial charge is 0.487 e. The molecule has 2 N–H and O–H groups in total. The maximum atomic E-state index is 11.8. The first-order valence-corrected chi connectivity index (χ1v) is 8.16. The lowest BCUT2D eigenvalue weighted by Gasteiger charge is -2.16. The van der Waals surface area contributed by atoms with Crippen molar-refractivity contribution in [2.75, 3.05) is 0 Å². The molecule has 25 heavy (non-hydrogen) atoms. The van der Waals surface area contributed by atoms with E-state index in [1.807, 2.05) is 30.3 Å². The van der Waals surface area contributed by atoms with Gasteiger partial charge in [0.1, 0.15) is 17.9 Å². The highest BCUT2D eigenvalue weighted by Gasteiger charge is 2.25. The Morgan fingerprint density at radius 1 is 1.04 bits per heavy atom. The van der Waals surface area contributed by atoms with Crippen LogP contribution in [0.5, 0.6) is 5.75 Å². The smallest absolute Gasteiger partial charge is 0.263 e. The zero-order chi connectivity index (χ0) is 17.8. The van der Waals surface area contributed by atoms with Crippen molar-refractivity contribution in [3.05, 3.63) is 70.3 Å². The van der Waals surface area contributed by atoms with E-state index in [1.165, 1.54) is 6.08 Å². The Kier molecular flexibility index (Phi) is 5.11. The highest BCUT2D eigenvalue weighted by Crippen LogP contribution is 2.27. The summed E-state index contributed by atoms with van der Waals surface area (Å²) in [6.45, 7) is 0.392. The van der Waals surface area contributed by atoms with Gasteiger partial charge in [0.15, 0.2) is 5.11 Å². The summed E-state index contributed by atoms with van der Waals surface area (Å²) in [7, 11) is 0. The molecule has 1 fully saturated rings. The van der Waals surface area contributed by atoms with Gasteiger partial charge in [-0.3, -0.25) is 20.2 Å². The lowest BCUT2D eigenvalue weighted by atomic mass is 10.1. The number of hydrogen-bond donors (Lipinski definition) is 2. The average molecular weight is 373 g/mol. The van der Waals surface area contributed by atoms with Crippen LogP contribution in [0.3, 0.4) is 0 Å². The van der Waals surface area contributed by atoms with Gasteiger partial charge in [0.05, 0.1) is 5.02 Å². The maximum Gasteiger partial charge on any atom is 0.263 e. The third-order valence-corrected chi connectivity index (χ3v) is 3.95. The zero-order valence-electron chi connectivity index (χ0n) is 12.9. The van der Waals surface area contributed by atoms with Gasteiger partial charge >= 0.3 is 0 Å². The number of amides is 2. The van der Waals surface area contributed by atoms with Gasteiger partial charge in [-0.15, -0.1) is 0 Å². The van der Waals surface area contributed by atoms with Gasteiger partial charge < -0.3 is 4.74 Å². The minimum atomic E-state index is -0.547. The van der Waals surface area contributed by atoms with Crippen LogP contribution in [0, 0.1) is 0 Å². The fourth-order valence-corrected chi connectivity index (χ4v) is 2.66. The van der Waals surface area contributed by atoms with Crippen molar-refractivity contribution < 1.29 is 14.3 Å². The molecule has 2 amide bonds. The summed E-state index contributed by atoms with van der Waals surface area (Å²) in [6.07, 6.45) is 1.44. The third-order valence-electron chi connectivity index (χ3n) is 3.45. The second kappa shape index (κ2) is 7.46. The molecule has 1 saturated heterocycles. The Hall–Kier alpha value is -2.70. The van der Waals surface area contributed by atoms with Crippen LogP contribution in [-0.2, 0) is 16.2 Å². The summed E-state index contributed by atoms with van der Waals surface area (Å²) < 4.78 is 5.70. The van der Waals surface area contributed by atoms with Crippen molar-refractivity contribution in [2.45, 2.75) is 6.61 Å². The quantitative estimate of drug-likeness (QED) is 0.492. The van der Waals surface area contributed by atoms with Crippen LogP contribution < -0.4 is 15.4 Å². The van der Waals surface area contributed by atoms with E-state index >= 15 is 0 Å². The molecule has 0 unspecified atom stereocenters. The van der Waals surface area contributed by atoms with Gasteiger partial charge in [-0.2, -0.15) is 0 Å². The van der Waals surface area contributed by atoms with E-state index in [9.17, 15) is 9.59 Å². The van der Waals surface area contributed by atoms with Crippen LogP contribution in [0.1, 0.15) is 11.1 Å². The molecular formula is C18H13ClN2O3S. The van der Waals surface area contributed by atoms with Crippen LogP contribution in [0.25, 0.3) is 6.08 Å². The standard InChI is InChI=1S/C18H13ClN2O3S/c19-14-9-12(8-13-16(22)20-18(25)21-17(13)23)6-7-15(14)24-10-11-4-2-1-3-5-11/h1-9H,10H2,(H2,20,21,22,23,25). The van der Waals surface area contributed by atoms with E-state index in [1.54, 1.807) is 18.2 Å². The summed E-state index contributed by atoms with van der Waals surface area (Å²) in [4.78, 5) is 23.7. The molecule has 7 heteroatoms. The fourth-order valence-electron chi connectivity index (χ4n) is 2.23. The van der Waals surface area contributed by atoms with Gasteiger partial charge in [-0.1, -0.05) is 48.0 Å². The Balaban J connectivity index is 1.75. The highest BCUT2D eigenvalue weighted by atomic mass is 35.5. The number of ether oxygens (including phenoxy) is 1. The first-order chi connectivity index (χ1) is 12.0. The van der Waals surface area contributed by atoms with Crippen LogP contribution in [0.15, 0.2) is 54.1 Å². The van der Waals surface area contributed by atoms with Gasteiger partial charge in [0, 0.05) is 0 Å². The maximum absolute atomic E-state index is 11.8. The number of hydrogen-bond acceptors (Lipinski definition) is 4. The summed E-state index contributed by atoms with van der Waals surface area (Å²) in [5, 5.41) is 5.14. The highest BCUT2D eigenvalue weighted by molar-refractivity contribution is 7.80. The minimum absolute atomic E-state index is 0.00478. The topological polar surface area (TPSA) is 67.4 Å². The van der Waals surface area contributed by atoms with Crippen LogP contribution >= 0.6 is 23.8 Å². The molecule has 5 nitrogen and oxygen atoms in total. The van der Waals surface area contributed by atoms with Crippen molar-refractivity contribution in [3.8, 4) is 5.75 Å². The molecule has 0 spiro atoms. The van der Waals surface area contributed by atoms with E-state index in [0.29, 0.717) is 22.9 Å². The molecule has 0 aromatic heterocycles. The molecule has 126 valence electrons. The lowest BCUT2D eigenvalue weighted by molar-refractivity contribution is -0.123. The molecule has 3 rings (SSSR count). The molecular weight excluding hydrogens is 360 g/mol. The second-order valence-electron chi connectivity index (χ2n) is 5.26. The first kappa shape index (κ1) is 17.1. The number of carbonyl (C=O) groups is 2. The van der Waals surface area contributed by atoms with E-state index in [0.717, 1.165) is 5.56 Å². The number of halogens is 1. The summed E-state index contributed by atoms with van der Waals surface area (Å²) >= 11 is 11.0. The zero-order valence-corrected chi connectivity index (χ0v) is 14.5. The minimum Gasteiger partial charge on any atom is -0.487 e. The second-order valence-corrected chi connectivity index (χ2v) is 6.07. The van der Waals surface area contributed by atoms with Crippen molar-refractivity contribution in [1.82, 2.24) is 10.6 Å². The summed E-state index contributed by atoms with van der Waals surface area (Å²) in [5.74, 6) is -0.574. The molecule has 2 aromatic carbocycles. The number of benzene rings is 2. The Morgan fingerprint density at radius 3 is 2.36 bits per heavy atom. The molecule has 0 saturated carbocycles. The fraction of sp³-hybridized carbons (Fsp3) is 0.0556. The molecule has 1 aliphatic rings. The third kappa shape index (κ3) is 4.23. The lowest BCUT2D eigenvalue weighted by Crippen LogP contribution is -2.51. The molecule has 2 aromatic rings. The van der Waals surface area contributed by atoms with Gasteiger partial charge in [-0.25, -0.2) is 0 Å². The molecule has 0 bridgehead atoms. The monoisotopic (exact) mass is 372 g/mol. The van der Waals surface area contributed by atoms with Crippen molar-refractivity contribution in [3.63, 3.8) is 0 Å². The SMILES string of the molecule is O=C1NC(=S)NC(=O)C1=Cc1ccc(OCc2ccccc2)c(Cl)c1. The predicted molar refractivity (Wildman–Crippen MR) is 99.1 cm³/mol. The number of carbonyl (C=O) groups excluding carboxylic acids is 2. The van der Waals surface area contributed by atoms with Crippen LogP contribution in [0.2, 0.25) is 5.02 Å². The molecule has 0 aliphatic carbocycles. The number of nitrogens with one attached hydrogen (secondary N) is 2. The van der Waals surface area contributed by atoms with Gasteiger partial charge in [-0.05, 0) is 41.6 Å². The first-order valence-electron chi connectivity index (χ1n) is 7.37. The van der Waals surface area contributed by atoms with E-state index in [2.05, 4.69) is 10.6 Å². The average Bonchev–Trinajstić information content (AvgIpc) is 2.58. The number of rotatable bonds is 4. The van der Waals surface area contributed by atoms with Crippen molar-refractivity contribution >= 4 is 46.8 Å². The molecule has 1 heterocycles. The number of thiocarbonyl (C=S) groups is 1. The summed E-state index contributed by atoms with van der Waals surface area (Å²) in [5.41, 5.74) is 1.59. The Bertz CT molecular complexity index is 859. The van der Waals surface area contributed by atoms with Crippen molar-refractivity contribution in [2.24, 2.45) is 0 Å². The van der Waals surface area contributed by atoms with Gasteiger partial charge in [0.2, 0.25) is 0 Å². The Labute approximate surface area is 154 Å². The predicted octanol–water partition coefficient (Wildman–Crippen LogP) is 2.83. The Morgan fingerprint density at radius 2 is 1.72 bits per heavy atom.